The highest BCUT2D eigenvalue weighted by Crippen LogP contribution is 2.31. The first-order chi connectivity index (χ1) is 9.79. The van der Waals surface area contributed by atoms with E-state index in [0.717, 1.165) is 28.5 Å². The second-order valence-corrected chi connectivity index (χ2v) is 4.87. The zero-order valence-electron chi connectivity index (χ0n) is 11.4. The molecule has 0 saturated carbocycles. The van der Waals surface area contributed by atoms with Crippen LogP contribution in [-0.4, -0.2) is 5.78 Å². The third-order valence-electron chi connectivity index (χ3n) is 3.38. The zero-order chi connectivity index (χ0) is 13.9. The number of rotatable bonds is 4. The van der Waals surface area contributed by atoms with Crippen molar-refractivity contribution in [1.82, 2.24) is 0 Å². The summed E-state index contributed by atoms with van der Waals surface area (Å²) in [6.45, 7) is 2.00. The van der Waals surface area contributed by atoms with E-state index in [1.165, 1.54) is 0 Å². The fourth-order valence-corrected chi connectivity index (χ4v) is 2.40. The predicted octanol–water partition coefficient (Wildman–Crippen LogP) is 5.08. The molecule has 0 amide bonds. The van der Waals surface area contributed by atoms with Gasteiger partial charge in [0.25, 0.3) is 0 Å². The highest BCUT2D eigenvalue weighted by molar-refractivity contribution is 6.00. The zero-order valence-corrected chi connectivity index (χ0v) is 11.4. The lowest BCUT2D eigenvalue weighted by atomic mass is 10.0. The number of hydrogen-bond donors (Lipinski definition) is 0. The molecule has 20 heavy (non-hydrogen) atoms. The van der Waals surface area contributed by atoms with E-state index < -0.39 is 0 Å². The maximum absolute atomic E-state index is 12.0. The van der Waals surface area contributed by atoms with Crippen molar-refractivity contribution in [1.29, 1.82) is 0 Å². The molecule has 2 aromatic carbocycles. The fraction of sp³-hybridized carbons (Fsp3) is 0.167. The van der Waals surface area contributed by atoms with E-state index in [4.69, 9.17) is 4.42 Å². The van der Waals surface area contributed by atoms with Crippen molar-refractivity contribution in [2.24, 2.45) is 0 Å². The van der Waals surface area contributed by atoms with Gasteiger partial charge < -0.3 is 4.42 Å². The number of Topliss-reactive ketones (excluding diaryl/α,β-unsaturated/α-hetero) is 1. The molecule has 100 valence electrons. The van der Waals surface area contributed by atoms with Crippen LogP contribution in [0.1, 0.15) is 30.3 Å². The summed E-state index contributed by atoms with van der Waals surface area (Å²) >= 11 is 0. The number of hydrogen-bond acceptors (Lipinski definition) is 2. The Hall–Kier alpha value is -2.35. The molecule has 0 spiro atoms. The Kier molecular flexibility index (Phi) is 3.38. The molecule has 0 saturated heterocycles. The first-order valence-electron chi connectivity index (χ1n) is 6.91. The summed E-state index contributed by atoms with van der Waals surface area (Å²) in [6, 6.07) is 17.9. The summed E-state index contributed by atoms with van der Waals surface area (Å²) < 4.78 is 5.82. The molecule has 0 aliphatic heterocycles. The molecule has 1 heterocycles. The van der Waals surface area contributed by atoms with Crippen molar-refractivity contribution in [3.05, 3.63) is 60.4 Å². The second-order valence-electron chi connectivity index (χ2n) is 4.87. The summed E-state index contributed by atoms with van der Waals surface area (Å²) in [6.07, 6.45) is 1.36. The smallest absolute Gasteiger partial charge is 0.198 e. The maximum atomic E-state index is 12.0. The number of carbonyl (C=O) groups is 1. The van der Waals surface area contributed by atoms with Crippen LogP contribution in [0.3, 0.4) is 0 Å². The molecule has 0 fully saturated rings. The third kappa shape index (κ3) is 2.25. The number of carbonyl (C=O) groups excluding carboxylic acids is 1. The molecular weight excluding hydrogens is 248 g/mol. The van der Waals surface area contributed by atoms with Crippen molar-refractivity contribution in [3.8, 4) is 11.1 Å². The number of para-hydroxylation sites is 1. The van der Waals surface area contributed by atoms with Crippen molar-refractivity contribution in [3.63, 3.8) is 0 Å². The molecule has 3 aromatic rings. The van der Waals surface area contributed by atoms with Crippen LogP contribution < -0.4 is 0 Å². The molecule has 2 heteroatoms. The molecule has 0 atom stereocenters. The molecule has 1 aromatic heterocycles. The van der Waals surface area contributed by atoms with E-state index >= 15 is 0 Å². The Bertz CT molecular complexity index is 738. The molecule has 3 rings (SSSR count). The first-order valence-corrected chi connectivity index (χ1v) is 6.91. The molecular formula is C18H16O2. The van der Waals surface area contributed by atoms with Gasteiger partial charge in [-0.1, -0.05) is 55.5 Å². The van der Waals surface area contributed by atoms with Crippen molar-refractivity contribution in [2.75, 3.05) is 0 Å². The van der Waals surface area contributed by atoms with Crippen molar-refractivity contribution in [2.45, 2.75) is 19.8 Å². The normalized spacial score (nSPS) is 10.8. The minimum Gasteiger partial charge on any atom is -0.452 e. The average molecular weight is 264 g/mol. The quantitative estimate of drug-likeness (QED) is 0.615. The van der Waals surface area contributed by atoms with E-state index in [2.05, 4.69) is 0 Å². The van der Waals surface area contributed by atoms with Crippen molar-refractivity contribution >= 4 is 16.8 Å². The van der Waals surface area contributed by atoms with Gasteiger partial charge in [-0.3, -0.25) is 4.79 Å². The highest BCUT2D eigenvalue weighted by Gasteiger charge is 2.14. The lowest BCUT2D eigenvalue weighted by molar-refractivity contribution is 0.0957. The Balaban J connectivity index is 2.13. The van der Waals surface area contributed by atoms with Crippen LogP contribution in [0.2, 0.25) is 0 Å². The number of ketones is 1. The molecule has 0 N–H and O–H groups in total. The van der Waals surface area contributed by atoms with Gasteiger partial charge in [-0.2, -0.15) is 0 Å². The van der Waals surface area contributed by atoms with E-state index in [-0.39, 0.29) is 5.78 Å². The molecule has 0 aliphatic carbocycles. The van der Waals surface area contributed by atoms with Crippen LogP contribution in [0.5, 0.6) is 0 Å². The van der Waals surface area contributed by atoms with Crippen molar-refractivity contribution < 1.29 is 9.21 Å². The number of furan rings is 1. The fourth-order valence-electron chi connectivity index (χ4n) is 2.40. The lowest BCUT2D eigenvalue weighted by Crippen LogP contribution is -1.94. The van der Waals surface area contributed by atoms with Crippen LogP contribution in [0.15, 0.2) is 59.0 Å². The van der Waals surface area contributed by atoms with Gasteiger partial charge in [0, 0.05) is 17.4 Å². The Morgan fingerprint density at radius 2 is 1.85 bits per heavy atom. The van der Waals surface area contributed by atoms with Crippen LogP contribution in [-0.2, 0) is 0 Å². The molecule has 0 radical (unpaired) electrons. The van der Waals surface area contributed by atoms with E-state index in [1.807, 2.05) is 61.5 Å². The monoisotopic (exact) mass is 264 g/mol. The molecule has 0 aliphatic rings. The number of benzene rings is 2. The minimum atomic E-state index is 0.0720. The van der Waals surface area contributed by atoms with Gasteiger partial charge in [-0.15, -0.1) is 0 Å². The third-order valence-corrected chi connectivity index (χ3v) is 3.38. The highest BCUT2D eigenvalue weighted by atomic mass is 16.3. The van der Waals surface area contributed by atoms with Gasteiger partial charge in [-0.05, 0) is 18.1 Å². The summed E-state index contributed by atoms with van der Waals surface area (Å²) in [7, 11) is 0. The van der Waals surface area contributed by atoms with Crippen LogP contribution in [0.4, 0.5) is 0 Å². The summed E-state index contributed by atoms with van der Waals surface area (Å²) in [5.74, 6) is 0.535. The SMILES string of the molecule is CCCC(=O)c1cc2cccc(-c3ccccc3)c2o1. The Morgan fingerprint density at radius 3 is 2.60 bits per heavy atom. The maximum Gasteiger partial charge on any atom is 0.198 e. The molecule has 2 nitrogen and oxygen atoms in total. The van der Waals surface area contributed by atoms with Gasteiger partial charge in [0.2, 0.25) is 0 Å². The first kappa shape index (κ1) is 12.7. The van der Waals surface area contributed by atoms with Gasteiger partial charge in [0.1, 0.15) is 5.58 Å². The topological polar surface area (TPSA) is 30.2 Å². The summed E-state index contributed by atoms with van der Waals surface area (Å²) in [5, 5.41) is 0.978. The average Bonchev–Trinajstić information content (AvgIpc) is 2.92. The molecule has 0 unspecified atom stereocenters. The summed E-state index contributed by atoms with van der Waals surface area (Å²) in [4.78, 5) is 12.0. The summed E-state index contributed by atoms with van der Waals surface area (Å²) in [5.41, 5.74) is 2.92. The van der Waals surface area contributed by atoms with Gasteiger partial charge in [0.15, 0.2) is 11.5 Å². The lowest BCUT2D eigenvalue weighted by Gasteiger charge is -2.01. The van der Waals surface area contributed by atoms with Crippen LogP contribution in [0.25, 0.3) is 22.1 Å². The van der Waals surface area contributed by atoms with E-state index in [1.54, 1.807) is 0 Å². The van der Waals surface area contributed by atoms with E-state index in [9.17, 15) is 4.79 Å². The Labute approximate surface area is 118 Å². The standard InChI is InChI=1S/C18H16O2/c1-2-7-16(19)17-12-14-10-6-11-15(18(14)20-17)13-8-4-3-5-9-13/h3-6,8-12H,2,7H2,1H3. The van der Waals surface area contributed by atoms with Crippen LogP contribution in [0, 0.1) is 0 Å². The largest absolute Gasteiger partial charge is 0.452 e. The van der Waals surface area contributed by atoms with Crippen LogP contribution >= 0.6 is 0 Å². The Morgan fingerprint density at radius 1 is 1.05 bits per heavy atom. The van der Waals surface area contributed by atoms with Gasteiger partial charge in [-0.25, -0.2) is 0 Å². The minimum absolute atomic E-state index is 0.0720. The molecule has 0 bridgehead atoms. The van der Waals surface area contributed by atoms with Gasteiger partial charge >= 0.3 is 0 Å². The van der Waals surface area contributed by atoms with Gasteiger partial charge in [0.05, 0.1) is 0 Å². The second kappa shape index (κ2) is 5.33. The predicted molar refractivity (Wildman–Crippen MR) is 80.9 cm³/mol. The number of fused-ring (bicyclic) bond motifs is 1. The van der Waals surface area contributed by atoms with E-state index in [0.29, 0.717) is 12.2 Å².